The fraction of sp³-hybridized carbons (Fsp3) is 0.818. The van der Waals surface area contributed by atoms with Crippen LogP contribution in [0, 0.1) is 5.92 Å². The maximum absolute atomic E-state index is 11.6. The number of carbonyl (C=O) groups is 2. The van der Waals surface area contributed by atoms with Crippen LogP contribution in [0.25, 0.3) is 0 Å². The van der Waals surface area contributed by atoms with Crippen LogP contribution in [0.4, 0.5) is 0 Å². The summed E-state index contributed by atoms with van der Waals surface area (Å²) < 4.78 is 5.17. The van der Waals surface area contributed by atoms with E-state index in [0.717, 1.165) is 12.3 Å². The maximum Gasteiger partial charge on any atom is 0.324 e. The van der Waals surface area contributed by atoms with Gasteiger partial charge in [-0.05, 0) is 12.3 Å². The molecule has 1 unspecified atom stereocenters. The zero-order chi connectivity index (χ0) is 11.4. The monoisotopic (exact) mass is 226 g/mol. The van der Waals surface area contributed by atoms with E-state index in [2.05, 4.69) is 10.6 Å². The molecule has 0 aromatic rings. The first-order chi connectivity index (χ1) is 7.75. The van der Waals surface area contributed by atoms with E-state index in [1.165, 1.54) is 19.3 Å². The Bertz CT molecular complexity index is 266. The summed E-state index contributed by atoms with van der Waals surface area (Å²) in [5.74, 6) is 0.435. The fourth-order valence-corrected chi connectivity index (χ4v) is 1.94. The zero-order valence-electron chi connectivity index (χ0n) is 9.33. The van der Waals surface area contributed by atoms with E-state index in [1.54, 1.807) is 0 Å². The van der Waals surface area contributed by atoms with Gasteiger partial charge in [-0.2, -0.15) is 0 Å². The molecule has 0 aromatic carbocycles. The first kappa shape index (κ1) is 11.4. The van der Waals surface area contributed by atoms with E-state index in [-0.39, 0.29) is 24.5 Å². The first-order valence-corrected chi connectivity index (χ1v) is 5.92. The number of esters is 1. The molecular weight excluding hydrogens is 208 g/mol. The summed E-state index contributed by atoms with van der Waals surface area (Å²) in [6.07, 6.45) is 4.84. The van der Waals surface area contributed by atoms with Crippen molar-refractivity contribution in [2.75, 3.05) is 19.7 Å². The normalized spacial score (nSPS) is 25.8. The lowest BCUT2D eigenvalue weighted by Gasteiger charge is -2.26. The van der Waals surface area contributed by atoms with Crippen molar-refractivity contribution in [3.05, 3.63) is 0 Å². The Morgan fingerprint density at radius 3 is 2.81 bits per heavy atom. The summed E-state index contributed by atoms with van der Waals surface area (Å²) in [6.45, 7) is 1.04. The van der Waals surface area contributed by atoms with Crippen LogP contribution < -0.4 is 10.6 Å². The highest BCUT2D eigenvalue weighted by atomic mass is 16.5. The number of hydrogen-bond acceptors (Lipinski definition) is 4. The highest BCUT2D eigenvalue weighted by Crippen LogP contribution is 2.29. The second-order valence-corrected chi connectivity index (χ2v) is 4.49. The summed E-state index contributed by atoms with van der Waals surface area (Å²) in [7, 11) is 0. The lowest BCUT2D eigenvalue weighted by molar-refractivity contribution is -0.147. The van der Waals surface area contributed by atoms with Crippen LogP contribution >= 0.6 is 0 Å². The van der Waals surface area contributed by atoms with Crippen molar-refractivity contribution in [1.82, 2.24) is 10.6 Å². The number of hydrogen-bond donors (Lipinski definition) is 2. The smallest absolute Gasteiger partial charge is 0.324 e. The molecule has 2 aliphatic rings. The number of nitrogens with one attached hydrogen (secondary N) is 2. The third-order valence-electron chi connectivity index (χ3n) is 3.29. The Morgan fingerprint density at radius 1 is 1.44 bits per heavy atom. The van der Waals surface area contributed by atoms with Crippen LogP contribution in [-0.2, 0) is 14.3 Å². The van der Waals surface area contributed by atoms with Crippen molar-refractivity contribution in [2.24, 2.45) is 5.92 Å². The molecule has 0 aromatic heterocycles. The number of ether oxygens (including phenoxy) is 1. The highest BCUT2D eigenvalue weighted by Gasteiger charge is 2.25. The number of amides is 1. The van der Waals surface area contributed by atoms with Crippen LogP contribution in [0.2, 0.25) is 0 Å². The molecule has 5 heteroatoms. The van der Waals surface area contributed by atoms with E-state index < -0.39 is 0 Å². The molecule has 0 spiro atoms. The molecule has 1 aliphatic heterocycles. The van der Waals surface area contributed by atoms with Gasteiger partial charge in [0.1, 0.15) is 6.04 Å². The Balaban J connectivity index is 1.61. The number of rotatable bonds is 4. The summed E-state index contributed by atoms with van der Waals surface area (Å²) in [5, 5.41) is 5.48. The molecular formula is C11H18N2O3. The maximum atomic E-state index is 11.6. The van der Waals surface area contributed by atoms with Crippen LogP contribution in [0.15, 0.2) is 0 Å². The molecule has 1 atom stereocenters. The van der Waals surface area contributed by atoms with Gasteiger partial charge in [0, 0.05) is 6.54 Å². The van der Waals surface area contributed by atoms with Crippen molar-refractivity contribution in [3.63, 3.8) is 0 Å². The van der Waals surface area contributed by atoms with E-state index >= 15 is 0 Å². The fourth-order valence-electron chi connectivity index (χ4n) is 1.94. The molecule has 0 bridgehead atoms. The largest absolute Gasteiger partial charge is 0.464 e. The predicted octanol–water partition coefficient (Wildman–Crippen LogP) is -0.192. The topological polar surface area (TPSA) is 67.4 Å². The summed E-state index contributed by atoms with van der Waals surface area (Å²) in [6, 6.07) is -0.376. The quantitative estimate of drug-likeness (QED) is 0.652. The lowest BCUT2D eigenvalue weighted by Crippen LogP contribution is -2.55. The van der Waals surface area contributed by atoms with Crippen LogP contribution in [0.1, 0.15) is 25.7 Å². The number of carbonyl (C=O) groups excluding carboxylic acids is 2. The first-order valence-electron chi connectivity index (χ1n) is 5.92. The Hall–Kier alpha value is -1.10. The Labute approximate surface area is 94.9 Å². The summed E-state index contributed by atoms with van der Waals surface area (Å²) in [5.41, 5.74) is 0. The molecule has 1 saturated carbocycles. The minimum atomic E-state index is -0.376. The van der Waals surface area contributed by atoms with Gasteiger partial charge in [-0.3, -0.25) is 14.9 Å². The third kappa shape index (κ3) is 2.95. The Morgan fingerprint density at radius 2 is 2.25 bits per heavy atom. The summed E-state index contributed by atoms with van der Waals surface area (Å²) in [4.78, 5) is 22.4. The van der Waals surface area contributed by atoms with E-state index in [0.29, 0.717) is 13.2 Å². The van der Waals surface area contributed by atoms with Crippen LogP contribution in [-0.4, -0.2) is 37.6 Å². The van der Waals surface area contributed by atoms with Gasteiger partial charge in [-0.15, -0.1) is 0 Å². The van der Waals surface area contributed by atoms with Crippen LogP contribution in [0.3, 0.4) is 0 Å². The molecule has 1 saturated heterocycles. The van der Waals surface area contributed by atoms with Crippen molar-refractivity contribution >= 4 is 11.9 Å². The second-order valence-electron chi connectivity index (χ2n) is 4.49. The molecule has 2 fully saturated rings. The third-order valence-corrected chi connectivity index (χ3v) is 3.29. The van der Waals surface area contributed by atoms with Gasteiger partial charge in [0.25, 0.3) is 0 Å². The molecule has 16 heavy (non-hydrogen) atoms. The lowest BCUT2D eigenvalue weighted by atomic mass is 9.83. The van der Waals surface area contributed by atoms with Gasteiger partial charge in [0.15, 0.2) is 0 Å². The number of piperazine rings is 1. The van der Waals surface area contributed by atoms with E-state index in [4.69, 9.17) is 4.74 Å². The minimum Gasteiger partial charge on any atom is -0.464 e. The Kier molecular flexibility index (Phi) is 3.77. The van der Waals surface area contributed by atoms with Gasteiger partial charge in [-0.25, -0.2) is 0 Å². The van der Waals surface area contributed by atoms with Gasteiger partial charge in [0.2, 0.25) is 5.91 Å². The molecule has 1 amide bonds. The standard InChI is InChI=1S/C11H18N2O3/c14-10-7-12-9(6-13-10)11(15)16-5-4-8-2-1-3-8/h8-9,12H,1-7H2,(H,13,14). The van der Waals surface area contributed by atoms with Crippen molar-refractivity contribution in [1.29, 1.82) is 0 Å². The molecule has 1 heterocycles. The van der Waals surface area contributed by atoms with Crippen molar-refractivity contribution < 1.29 is 14.3 Å². The molecule has 2 rings (SSSR count). The van der Waals surface area contributed by atoms with Gasteiger partial charge in [0.05, 0.1) is 13.2 Å². The van der Waals surface area contributed by atoms with Gasteiger partial charge >= 0.3 is 5.97 Å². The highest BCUT2D eigenvalue weighted by molar-refractivity contribution is 5.83. The molecule has 0 radical (unpaired) electrons. The van der Waals surface area contributed by atoms with Crippen molar-refractivity contribution in [2.45, 2.75) is 31.7 Å². The molecule has 2 N–H and O–H groups in total. The predicted molar refractivity (Wildman–Crippen MR) is 57.7 cm³/mol. The van der Waals surface area contributed by atoms with Gasteiger partial charge < -0.3 is 10.1 Å². The average molecular weight is 226 g/mol. The van der Waals surface area contributed by atoms with Crippen LogP contribution in [0.5, 0.6) is 0 Å². The minimum absolute atomic E-state index is 0.0708. The zero-order valence-corrected chi connectivity index (χ0v) is 9.33. The molecule has 90 valence electrons. The summed E-state index contributed by atoms with van der Waals surface area (Å²) >= 11 is 0. The van der Waals surface area contributed by atoms with Crippen molar-refractivity contribution in [3.8, 4) is 0 Å². The molecule has 5 nitrogen and oxygen atoms in total. The van der Waals surface area contributed by atoms with Gasteiger partial charge in [-0.1, -0.05) is 19.3 Å². The van der Waals surface area contributed by atoms with E-state index in [9.17, 15) is 9.59 Å². The second kappa shape index (κ2) is 5.30. The average Bonchev–Trinajstić information content (AvgIpc) is 2.22. The van der Waals surface area contributed by atoms with E-state index in [1.807, 2.05) is 0 Å². The SMILES string of the molecule is O=C1CNC(C(=O)OCCC2CCC2)CN1. The molecule has 1 aliphatic carbocycles.